The van der Waals surface area contributed by atoms with Crippen molar-refractivity contribution in [2.75, 3.05) is 74.3 Å². The Labute approximate surface area is 214 Å². The van der Waals surface area contributed by atoms with Crippen molar-refractivity contribution in [2.45, 2.75) is 6.43 Å². The highest BCUT2D eigenvalue weighted by molar-refractivity contribution is 6.01. The van der Waals surface area contributed by atoms with E-state index >= 15 is 0 Å². The number of morpholine rings is 2. The molecular weight excluding hydrogens is 508 g/mol. The van der Waals surface area contributed by atoms with Crippen LogP contribution in [0.25, 0.3) is 17.0 Å². The Morgan fingerprint density at radius 2 is 1.50 bits per heavy atom. The average Bonchev–Trinajstić information content (AvgIpc) is 3.34. The van der Waals surface area contributed by atoms with Gasteiger partial charge in [-0.2, -0.15) is 15.0 Å². The first-order chi connectivity index (χ1) is 18.4. The lowest BCUT2D eigenvalue weighted by Crippen LogP contribution is -2.40. The first kappa shape index (κ1) is 25.5. The van der Waals surface area contributed by atoms with Crippen molar-refractivity contribution in [3.05, 3.63) is 24.0 Å². The van der Waals surface area contributed by atoms with Gasteiger partial charge in [-0.25, -0.2) is 18.6 Å². The van der Waals surface area contributed by atoms with Crippen LogP contribution in [-0.4, -0.2) is 101 Å². The summed E-state index contributed by atoms with van der Waals surface area (Å²) in [5.41, 5.74) is 0.445. The highest BCUT2D eigenvalue weighted by atomic mass is 19.3. The van der Waals surface area contributed by atoms with Crippen LogP contribution in [0.15, 0.2) is 18.2 Å². The summed E-state index contributed by atoms with van der Waals surface area (Å²) >= 11 is 0. The Kier molecular flexibility index (Phi) is 7.41. The van der Waals surface area contributed by atoms with Crippen LogP contribution in [0.2, 0.25) is 0 Å². The molecule has 0 bridgehead atoms. The third kappa shape index (κ3) is 5.40. The predicted octanol–water partition coefficient (Wildman–Crippen LogP) is 1.03. The maximum Gasteiger partial charge on any atom is 0.405 e. The summed E-state index contributed by atoms with van der Waals surface area (Å²) in [6.07, 6.45) is -4.36. The van der Waals surface area contributed by atoms with Crippen molar-refractivity contribution in [2.24, 2.45) is 0 Å². The molecule has 14 nitrogen and oxygen atoms in total. The summed E-state index contributed by atoms with van der Waals surface area (Å²) in [7, 11) is 0. The lowest BCUT2D eigenvalue weighted by Gasteiger charge is -2.30. The van der Waals surface area contributed by atoms with Crippen LogP contribution in [0.1, 0.15) is 12.2 Å². The van der Waals surface area contributed by atoms with Gasteiger partial charge in [0.15, 0.2) is 5.82 Å². The number of carbonyl (C=O) groups is 2. The Morgan fingerprint density at radius 3 is 2.05 bits per heavy atom. The second-order valence-corrected chi connectivity index (χ2v) is 8.42. The van der Waals surface area contributed by atoms with Gasteiger partial charge in [-0.1, -0.05) is 6.07 Å². The van der Waals surface area contributed by atoms with Gasteiger partial charge in [-0.3, -0.25) is 9.36 Å². The van der Waals surface area contributed by atoms with Crippen LogP contribution >= 0.6 is 0 Å². The van der Waals surface area contributed by atoms with Gasteiger partial charge in [0.2, 0.25) is 23.8 Å². The number of rotatable bonds is 7. The van der Waals surface area contributed by atoms with E-state index in [2.05, 4.69) is 25.3 Å². The number of ether oxygens (including phenoxy) is 2. The molecule has 0 spiro atoms. The minimum atomic E-state index is -2.99. The van der Waals surface area contributed by atoms with Gasteiger partial charge in [0.25, 0.3) is 6.43 Å². The summed E-state index contributed by atoms with van der Waals surface area (Å²) in [5, 5.41) is 13.2. The fraction of sp³-hybridized carbons (Fsp3) is 0.455. The molecule has 2 aromatic heterocycles. The van der Waals surface area contributed by atoms with Gasteiger partial charge in [-0.15, -0.1) is 0 Å². The van der Waals surface area contributed by atoms with Crippen LogP contribution in [-0.2, 0) is 14.3 Å². The molecule has 2 aliphatic rings. The number of halogens is 2. The van der Waals surface area contributed by atoms with Crippen molar-refractivity contribution in [1.29, 1.82) is 0 Å². The maximum atomic E-state index is 14.3. The summed E-state index contributed by atoms with van der Waals surface area (Å²) in [4.78, 5) is 44.5. The summed E-state index contributed by atoms with van der Waals surface area (Å²) in [6.45, 7) is 3.49. The van der Waals surface area contributed by atoms with E-state index in [9.17, 15) is 18.4 Å². The zero-order valence-corrected chi connectivity index (χ0v) is 20.1. The van der Waals surface area contributed by atoms with E-state index in [0.29, 0.717) is 64.5 Å². The summed E-state index contributed by atoms with van der Waals surface area (Å²) < 4.78 is 40.6. The number of carbonyl (C=O) groups excluding carboxylic acids is 1. The Bertz CT molecular complexity index is 1290. The Morgan fingerprint density at radius 1 is 0.921 bits per heavy atom. The molecule has 202 valence electrons. The molecule has 0 atom stereocenters. The van der Waals surface area contributed by atoms with Gasteiger partial charge >= 0.3 is 6.09 Å². The number of alkyl halides is 2. The number of hydrogen-bond donors (Lipinski definition) is 3. The number of nitrogens with one attached hydrogen (secondary N) is 2. The number of benzene rings is 1. The normalized spacial score (nSPS) is 16.2. The van der Waals surface area contributed by atoms with E-state index in [-0.39, 0.29) is 22.7 Å². The number of carboxylic acid groups (broad SMARTS) is 1. The predicted molar refractivity (Wildman–Crippen MR) is 130 cm³/mol. The van der Waals surface area contributed by atoms with Crippen molar-refractivity contribution < 1.29 is 33.0 Å². The number of imidazole rings is 1. The fourth-order valence-corrected chi connectivity index (χ4v) is 4.18. The van der Waals surface area contributed by atoms with E-state index in [1.165, 1.54) is 6.07 Å². The van der Waals surface area contributed by atoms with Crippen molar-refractivity contribution in [3.8, 4) is 5.95 Å². The first-order valence-corrected chi connectivity index (χ1v) is 11.9. The number of anilines is 3. The minimum absolute atomic E-state index is 0.0446. The van der Waals surface area contributed by atoms with Gasteiger partial charge in [0.1, 0.15) is 12.1 Å². The largest absolute Gasteiger partial charge is 0.465 e. The molecule has 2 fully saturated rings. The van der Waals surface area contributed by atoms with Crippen molar-refractivity contribution in [1.82, 2.24) is 29.8 Å². The third-order valence-corrected chi connectivity index (χ3v) is 5.97. The highest BCUT2D eigenvalue weighted by Crippen LogP contribution is 2.31. The molecule has 38 heavy (non-hydrogen) atoms. The number of hydrogen-bond acceptors (Lipinski definition) is 10. The fourth-order valence-electron chi connectivity index (χ4n) is 4.18. The molecule has 4 heterocycles. The Hall–Kier alpha value is -4.18. The van der Waals surface area contributed by atoms with Gasteiger partial charge in [-0.05, 0) is 12.1 Å². The van der Waals surface area contributed by atoms with E-state index < -0.39 is 30.8 Å². The quantitative estimate of drug-likeness (QED) is 0.398. The number of fused-ring (bicyclic) bond motifs is 1. The zero-order chi connectivity index (χ0) is 26.6. The van der Waals surface area contributed by atoms with Crippen molar-refractivity contribution in [3.63, 3.8) is 0 Å². The van der Waals surface area contributed by atoms with E-state index in [1.807, 2.05) is 15.1 Å². The molecule has 3 N–H and O–H groups in total. The van der Waals surface area contributed by atoms with Crippen LogP contribution in [0.3, 0.4) is 0 Å². The molecule has 0 saturated carbocycles. The van der Waals surface area contributed by atoms with E-state index in [4.69, 9.17) is 14.6 Å². The monoisotopic (exact) mass is 533 g/mol. The molecule has 2 aliphatic heterocycles. The molecule has 0 aliphatic carbocycles. The van der Waals surface area contributed by atoms with Crippen molar-refractivity contribution >= 4 is 40.6 Å². The van der Waals surface area contributed by atoms with Gasteiger partial charge < -0.3 is 35.0 Å². The third-order valence-electron chi connectivity index (χ3n) is 5.97. The Balaban J connectivity index is 1.60. The number of aromatic nitrogens is 5. The molecular formula is C22H25F2N9O5. The van der Waals surface area contributed by atoms with Crippen LogP contribution < -0.4 is 20.4 Å². The smallest absolute Gasteiger partial charge is 0.405 e. The topological polar surface area (TPSA) is 160 Å². The molecule has 1 aromatic carbocycles. The molecule has 0 unspecified atom stereocenters. The summed E-state index contributed by atoms with van der Waals surface area (Å²) in [6, 6.07) is 4.61. The molecule has 16 heteroatoms. The molecule has 5 rings (SSSR count). The molecule has 2 saturated heterocycles. The minimum Gasteiger partial charge on any atom is -0.465 e. The number of amides is 2. The lowest BCUT2D eigenvalue weighted by molar-refractivity contribution is -0.115. The standard InChI is InChI=1S/C22H25F2N9O5/c23-17(24)18-27-16-13(26-15(34)12-25-22(35)36)2-1-3-14(16)33(18)21-29-19(31-4-8-37-9-5-31)28-20(30-21)32-6-10-38-11-7-32/h1-3,17,25H,4-12H2,(H,26,34)(H,35,36). The number of nitrogens with zero attached hydrogens (tertiary/aromatic N) is 7. The second-order valence-electron chi connectivity index (χ2n) is 8.42. The van der Waals surface area contributed by atoms with Crippen LogP contribution in [0.5, 0.6) is 0 Å². The first-order valence-electron chi connectivity index (χ1n) is 11.9. The van der Waals surface area contributed by atoms with Gasteiger partial charge in [0.05, 0.1) is 37.6 Å². The lowest BCUT2D eigenvalue weighted by atomic mass is 10.2. The highest BCUT2D eigenvalue weighted by Gasteiger charge is 2.27. The number of para-hydroxylation sites is 1. The second kappa shape index (κ2) is 11.1. The maximum absolute atomic E-state index is 14.3. The summed E-state index contributed by atoms with van der Waals surface area (Å²) in [5.74, 6) is -0.691. The molecule has 3 aromatic rings. The van der Waals surface area contributed by atoms with Crippen LogP contribution in [0.4, 0.5) is 31.2 Å². The van der Waals surface area contributed by atoms with E-state index in [1.54, 1.807) is 12.1 Å². The SMILES string of the molecule is O=C(O)NCC(=O)Nc1cccc2c1nc(C(F)F)n2-c1nc(N2CCOCC2)nc(N2CCOCC2)n1. The zero-order valence-electron chi connectivity index (χ0n) is 20.1. The molecule has 2 amide bonds. The average molecular weight is 533 g/mol. The molecule has 0 radical (unpaired) electrons. The van der Waals surface area contributed by atoms with Crippen LogP contribution in [0, 0.1) is 0 Å². The van der Waals surface area contributed by atoms with E-state index in [0.717, 1.165) is 4.57 Å². The van der Waals surface area contributed by atoms with Gasteiger partial charge in [0, 0.05) is 26.2 Å².